The molecule has 0 unspecified atom stereocenters. The average Bonchev–Trinajstić information content (AvgIpc) is 3.24. The molecule has 8 nitrogen and oxygen atoms in total. The number of carbonyl (C=O) groups is 3. The van der Waals surface area contributed by atoms with E-state index in [9.17, 15) is 19.5 Å². The number of carboxylic acids is 1. The van der Waals surface area contributed by atoms with Gasteiger partial charge in [0.05, 0.1) is 19.3 Å². The molecule has 3 aromatic rings. The van der Waals surface area contributed by atoms with Gasteiger partial charge in [-0.3, -0.25) is 4.79 Å². The van der Waals surface area contributed by atoms with Gasteiger partial charge in [-0.15, -0.1) is 0 Å². The zero-order valence-electron chi connectivity index (χ0n) is 18.4. The summed E-state index contributed by atoms with van der Waals surface area (Å²) < 4.78 is 5.13. The highest BCUT2D eigenvalue weighted by molar-refractivity contribution is 6.19. The third-order valence-corrected chi connectivity index (χ3v) is 5.70. The van der Waals surface area contributed by atoms with Crippen molar-refractivity contribution in [1.29, 1.82) is 0 Å². The lowest BCUT2D eigenvalue weighted by atomic mass is 9.86. The van der Waals surface area contributed by atoms with Crippen molar-refractivity contribution in [2.24, 2.45) is 0 Å². The van der Waals surface area contributed by atoms with Gasteiger partial charge in [-0.1, -0.05) is 26.8 Å². The Kier molecular flexibility index (Phi) is 5.16. The molecular weight excluding hydrogens is 410 g/mol. The van der Waals surface area contributed by atoms with Gasteiger partial charge < -0.3 is 19.7 Å². The van der Waals surface area contributed by atoms with E-state index in [1.165, 1.54) is 12.0 Å². The smallest absolute Gasteiger partial charge is 0.352 e. The van der Waals surface area contributed by atoms with Gasteiger partial charge in [0.15, 0.2) is 0 Å². The van der Waals surface area contributed by atoms with E-state index in [1.807, 2.05) is 18.2 Å². The molecule has 8 heteroatoms. The molecule has 0 saturated carbocycles. The molecule has 0 radical (unpaired) electrons. The van der Waals surface area contributed by atoms with Gasteiger partial charge in [0.1, 0.15) is 18.0 Å². The summed E-state index contributed by atoms with van der Waals surface area (Å²) in [6.07, 6.45) is 0. The van der Waals surface area contributed by atoms with Gasteiger partial charge in [-0.2, -0.15) is 0 Å². The zero-order valence-corrected chi connectivity index (χ0v) is 18.4. The van der Waals surface area contributed by atoms with Crippen LogP contribution in [0, 0.1) is 0 Å². The van der Waals surface area contributed by atoms with Crippen LogP contribution in [0.1, 0.15) is 42.4 Å². The van der Waals surface area contributed by atoms with E-state index in [4.69, 9.17) is 4.74 Å². The Morgan fingerprint density at radius 3 is 2.41 bits per heavy atom. The number of aromatic amines is 1. The highest BCUT2D eigenvalue weighted by Gasteiger charge is 2.38. The van der Waals surface area contributed by atoms with E-state index in [0.717, 1.165) is 15.8 Å². The van der Waals surface area contributed by atoms with Crippen LogP contribution in [0.25, 0.3) is 10.9 Å². The Morgan fingerprint density at radius 1 is 1.12 bits per heavy atom. The van der Waals surface area contributed by atoms with Crippen LogP contribution in [0.4, 0.5) is 10.5 Å². The monoisotopic (exact) mass is 435 g/mol. The number of hydrogen-bond donors (Lipinski definition) is 2. The lowest BCUT2D eigenvalue weighted by molar-refractivity contribution is -0.116. The van der Waals surface area contributed by atoms with Crippen LogP contribution in [0.2, 0.25) is 0 Å². The molecule has 32 heavy (non-hydrogen) atoms. The van der Waals surface area contributed by atoms with E-state index in [1.54, 1.807) is 24.3 Å². The van der Waals surface area contributed by atoms with Crippen molar-refractivity contribution in [3.05, 3.63) is 59.3 Å². The van der Waals surface area contributed by atoms with E-state index >= 15 is 0 Å². The van der Waals surface area contributed by atoms with Crippen LogP contribution >= 0.6 is 0 Å². The Labute approximate surface area is 185 Å². The number of imide groups is 1. The molecule has 1 saturated heterocycles. The molecule has 1 aliphatic heterocycles. The lowest BCUT2D eigenvalue weighted by Gasteiger charge is -2.20. The third-order valence-electron chi connectivity index (χ3n) is 5.70. The second-order valence-corrected chi connectivity index (χ2v) is 8.86. The number of urea groups is 1. The molecule has 0 bridgehead atoms. The first kappa shape index (κ1) is 21.4. The summed E-state index contributed by atoms with van der Waals surface area (Å²) in [5.41, 5.74) is 2.54. The molecule has 0 aliphatic carbocycles. The van der Waals surface area contributed by atoms with Crippen molar-refractivity contribution in [1.82, 2.24) is 9.88 Å². The largest absolute Gasteiger partial charge is 0.497 e. The number of rotatable bonds is 5. The number of nitrogens with zero attached hydrogens (tertiary/aromatic N) is 2. The quantitative estimate of drug-likeness (QED) is 0.587. The highest BCUT2D eigenvalue weighted by Crippen LogP contribution is 2.32. The fraction of sp³-hybridized carbons (Fsp3) is 0.292. The van der Waals surface area contributed by atoms with Crippen molar-refractivity contribution >= 4 is 34.5 Å². The number of carboxylic acid groups (broad SMARTS) is 1. The zero-order chi connectivity index (χ0) is 23.2. The minimum absolute atomic E-state index is 0.00641. The molecule has 1 aromatic heterocycles. The minimum Gasteiger partial charge on any atom is -0.497 e. The van der Waals surface area contributed by atoms with Gasteiger partial charge in [-0.25, -0.2) is 14.5 Å². The van der Waals surface area contributed by atoms with E-state index in [0.29, 0.717) is 22.5 Å². The second kappa shape index (κ2) is 7.71. The standard InChI is InChI=1S/C24H25N3O5/c1-24(2,3)14-5-10-19-17(11-14)18(21(25-19)22(29)30)12-26-13-20(28)27(23(26)31)15-6-8-16(32-4)9-7-15/h5-11,25H,12-13H2,1-4H3,(H,29,30). The number of ether oxygens (including phenoxy) is 1. The van der Waals surface area contributed by atoms with Crippen molar-refractivity contribution in [3.63, 3.8) is 0 Å². The summed E-state index contributed by atoms with van der Waals surface area (Å²) >= 11 is 0. The first-order chi connectivity index (χ1) is 15.1. The van der Waals surface area contributed by atoms with Gasteiger partial charge in [-0.05, 0) is 47.4 Å². The molecule has 0 spiro atoms. The maximum Gasteiger partial charge on any atom is 0.352 e. The SMILES string of the molecule is COc1ccc(N2C(=O)CN(Cc3c(C(=O)O)[nH]c4ccc(C(C)(C)C)cc34)C2=O)cc1. The van der Waals surface area contributed by atoms with Gasteiger partial charge in [0.2, 0.25) is 0 Å². The number of H-pyrrole nitrogens is 1. The number of nitrogens with one attached hydrogen (secondary N) is 1. The first-order valence-electron chi connectivity index (χ1n) is 10.2. The van der Waals surface area contributed by atoms with Crippen molar-refractivity contribution in [2.75, 3.05) is 18.6 Å². The molecule has 1 aliphatic rings. The predicted octanol–water partition coefficient (Wildman–Crippen LogP) is 4.14. The average molecular weight is 435 g/mol. The molecule has 4 rings (SSSR count). The summed E-state index contributed by atoms with van der Waals surface area (Å²) in [7, 11) is 1.54. The normalized spacial score (nSPS) is 14.5. The molecule has 1 fully saturated rings. The van der Waals surface area contributed by atoms with Crippen molar-refractivity contribution in [2.45, 2.75) is 32.7 Å². The fourth-order valence-corrected chi connectivity index (χ4v) is 3.91. The number of fused-ring (bicyclic) bond motifs is 1. The van der Waals surface area contributed by atoms with Crippen molar-refractivity contribution < 1.29 is 24.2 Å². The minimum atomic E-state index is -1.11. The number of aromatic carboxylic acids is 1. The fourth-order valence-electron chi connectivity index (χ4n) is 3.91. The number of amides is 3. The van der Waals surface area contributed by atoms with E-state index < -0.39 is 12.0 Å². The number of anilines is 1. The van der Waals surface area contributed by atoms with Crippen LogP contribution in [0.5, 0.6) is 5.75 Å². The van der Waals surface area contributed by atoms with Crippen LogP contribution in [-0.2, 0) is 16.8 Å². The number of aromatic nitrogens is 1. The topological polar surface area (TPSA) is 103 Å². The van der Waals surface area contributed by atoms with Crippen LogP contribution in [-0.4, -0.2) is 46.6 Å². The first-order valence-corrected chi connectivity index (χ1v) is 10.2. The Bertz CT molecular complexity index is 1220. The maximum absolute atomic E-state index is 13.1. The lowest BCUT2D eigenvalue weighted by Crippen LogP contribution is -2.33. The summed E-state index contributed by atoms with van der Waals surface area (Å²) in [5.74, 6) is -0.866. The van der Waals surface area contributed by atoms with Crippen LogP contribution < -0.4 is 9.64 Å². The van der Waals surface area contributed by atoms with Gasteiger partial charge in [0.25, 0.3) is 5.91 Å². The second-order valence-electron chi connectivity index (χ2n) is 8.86. The summed E-state index contributed by atoms with van der Waals surface area (Å²) in [6, 6.07) is 11.9. The molecule has 2 aromatic carbocycles. The molecule has 2 heterocycles. The van der Waals surface area contributed by atoms with E-state index in [-0.39, 0.29) is 30.1 Å². The third kappa shape index (κ3) is 3.68. The highest BCUT2D eigenvalue weighted by atomic mass is 16.5. The maximum atomic E-state index is 13.1. The number of methoxy groups -OCH3 is 1. The molecule has 2 N–H and O–H groups in total. The summed E-state index contributed by atoms with van der Waals surface area (Å²) in [4.78, 5) is 43.1. The molecule has 3 amide bonds. The summed E-state index contributed by atoms with van der Waals surface area (Å²) in [6.45, 7) is 6.11. The van der Waals surface area contributed by atoms with Crippen LogP contribution in [0.3, 0.4) is 0 Å². The molecule has 0 atom stereocenters. The molecule has 166 valence electrons. The van der Waals surface area contributed by atoms with Crippen molar-refractivity contribution in [3.8, 4) is 5.75 Å². The number of hydrogen-bond acceptors (Lipinski definition) is 4. The number of carbonyl (C=O) groups excluding carboxylic acids is 2. The van der Waals surface area contributed by atoms with Gasteiger partial charge in [0, 0.05) is 16.5 Å². The Morgan fingerprint density at radius 2 is 1.81 bits per heavy atom. The van der Waals surface area contributed by atoms with Crippen LogP contribution in [0.15, 0.2) is 42.5 Å². The van der Waals surface area contributed by atoms with Gasteiger partial charge >= 0.3 is 12.0 Å². The van der Waals surface area contributed by atoms with E-state index in [2.05, 4.69) is 25.8 Å². The Balaban J connectivity index is 1.70. The molecular formula is C24H25N3O5. The summed E-state index contributed by atoms with van der Waals surface area (Å²) in [5, 5.41) is 10.5. The Hall–Kier alpha value is -3.81. The number of benzene rings is 2. The predicted molar refractivity (Wildman–Crippen MR) is 120 cm³/mol.